The fraction of sp³-hybridized carbons (Fsp3) is 0.125. The summed E-state index contributed by atoms with van der Waals surface area (Å²) in [6, 6.07) is 1.19. The number of aromatic nitrogens is 1. The Morgan fingerprint density at radius 1 is 1.31 bits per heavy atom. The van der Waals surface area contributed by atoms with Crippen molar-refractivity contribution >= 4 is 11.8 Å². The molecule has 0 atom stereocenters. The fourth-order valence-corrected chi connectivity index (χ4v) is 1.23. The molecule has 1 aliphatic rings. The molecule has 1 aromatic rings. The van der Waals surface area contributed by atoms with Crippen LogP contribution in [-0.2, 0) is 0 Å². The van der Waals surface area contributed by atoms with Gasteiger partial charge in [0.1, 0.15) is 11.9 Å². The van der Waals surface area contributed by atoms with Crippen LogP contribution in [0.2, 0.25) is 0 Å². The Kier molecular flexibility index (Phi) is 2.24. The van der Waals surface area contributed by atoms with E-state index in [2.05, 4.69) is 4.98 Å². The zero-order chi connectivity index (χ0) is 11.7. The lowest BCUT2D eigenvalue weighted by atomic mass is 10.2. The molecule has 0 aliphatic carbocycles. The molecule has 2 heterocycles. The summed E-state index contributed by atoms with van der Waals surface area (Å²) in [4.78, 5) is 23.4. The molecule has 0 unspecified atom stereocenters. The van der Waals surface area contributed by atoms with Crippen LogP contribution in [0.25, 0.3) is 6.08 Å². The zero-order valence-electron chi connectivity index (χ0n) is 7.82. The van der Waals surface area contributed by atoms with Gasteiger partial charge in [-0.25, -0.2) is 4.98 Å². The van der Waals surface area contributed by atoms with Crippen molar-refractivity contribution in [3.8, 4) is 5.75 Å². The minimum Gasteiger partial charge on any atom is -0.480 e. The Hall–Kier alpha value is -2.51. The number of pyridine rings is 1. The monoisotopic (exact) mass is 223 g/mol. The molecular formula is C8H5N3O5. The van der Waals surface area contributed by atoms with Crippen molar-refractivity contribution in [1.82, 2.24) is 4.98 Å². The Morgan fingerprint density at radius 2 is 2.06 bits per heavy atom. The maximum absolute atomic E-state index is 10.5. The van der Waals surface area contributed by atoms with E-state index in [1.807, 2.05) is 0 Å². The average Bonchev–Trinajstić information content (AvgIpc) is 2.27. The first-order valence-electron chi connectivity index (χ1n) is 4.20. The molecule has 8 nitrogen and oxygen atoms in total. The predicted molar refractivity (Wildman–Crippen MR) is 51.4 cm³/mol. The number of fused-ring (bicyclic) bond motifs is 1. The molecule has 8 heteroatoms. The summed E-state index contributed by atoms with van der Waals surface area (Å²) < 4.78 is 5.01. The van der Waals surface area contributed by atoms with Gasteiger partial charge in [0, 0.05) is 6.08 Å². The van der Waals surface area contributed by atoms with Crippen LogP contribution in [0.5, 0.6) is 5.75 Å². The number of ether oxygens (including phenoxy) is 1. The van der Waals surface area contributed by atoms with Crippen molar-refractivity contribution in [3.05, 3.63) is 43.9 Å². The van der Waals surface area contributed by atoms with E-state index < -0.39 is 9.85 Å². The molecule has 0 saturated heterocycles. The maximum Gasteiger partial charge on any atom is 0.291 e. The van der Waals surface area contributed by atoms with Gasteiger partial charge in [-0.3, -0.25) is 20.2 Å². The summed E-state index contributed by atoms with van der Waals surface area (Å²) >= 11 is 0. The smallest absolute Gasteiger partial charge is 0.291 e. The molecule has 2 rings (SSSR count). The van der Waals surface area contributed by atoms with Gasteiger partial charge in [-0.15, -0.1) is 0 Å². The molecule has 82 valence electrons. The van der Waals surface area contributed by atoms with Crippen LogP contribution < -0.4 is 4.74 Å². The Balaban J connectivity index is 2.43. The third kappa shape index (κ3) is 1.67. The summed E-state index contributed by atoms with van der Waals surface area (Å²) in [5.41, 5.74) is -0.117. The maximum atomic E-state index is 10.5. The van der Waals surface area contributed by atoms with Gasteiger partial charge in [0.2, 0.25) is 0 Å². The van der Waals surface area contributed by atoms with E-state index in [4.69, 9.17) is 4.74 Å². The first-order chi connectivity index (χ1) is 7.58. The normalized spacial score (nSPS) is 13.4. The molecule has 0 bridgehead atoms. The number of nitrogens with zero attached hydrogens (tertiary/aromatic N) is 3. The lowest BCUT2D eigenvalue weighted by Crippen LogP contribution is -2.14. The van der Waals surface area contributed by atoms with Crippen LogP contribution in [0.15, 0.2) is 18.0 Å². The molecule has 1 aromatic heterocycles. The Morgan fingerprint density at radius 3 is 2.69 bits per heavy atom. The van der Waals surface area contributed by atoms with Gasteiger partial charge in [0.25, 0.3) is 11.4 Å². The fourth-order valence-electron chi connectivity index (χ4n) is 1.23. The zero-order valence-corrected chi connectivity index (χ0v) is 7.82. The average molecular weight is 223 g/mol. The van der Waals surface area contributed by atoms with E-state index in [0.29, 0.717) is 0 Å². The first kappa shape index (κ1) is 10.0. The van der Waals surface area contributed by atoms with Gasteiger partial charge in [-0.05, 0) is 0 Å². The third-order valence-electron chi connectivity index (χ3n) is 1.99. The highest BCUT2D eigenvalue weighted by molar-refractivity contribution is 5.59. The molecule has 0 amide bonds. The predicted octanol–water partition coefficient (Wildman–Crippen LogP) is 1.000. The highest BCUT2D eigenvalue weighted by atomic mass is 16.6. The Labute approximate surface area is 88.5 Å². The van der Waals surface area contributed by atoms with Crippen LogP contribution in [0.1, 0.15) is 5.69 Å². The number of rotatable bonds is 2. The van der Waals surface area contributed by atoms with Gasteiger partial charge in [0.15, 0.2) is 12.4 Å². The molecule has 0 radical (unpaired) electrons. The standard InChI is InChI=1S/C8H5N3O5/c12-10(13)5-2-8-7(9-3-5)1-6(4-16-8)11(14)15/h1-3H,4H2. The topological polar surface area (TPSA) is 108 Å². The second-order valence-electron chi connectivity index (χ2n) is 3.02. The van der Waals surface area contributed by atoms with Gasteiger partial charge in [0.05, 0.1) is 15.9 Å². The lowest BCUT2D eigenvalue weighted by molar-refractivity contribution is -0.427. The second kappa shape index (κ2) is 3.57. The van der Waals surface area contributed by atoms with E-state index in [-0.39, 0.29) is 29.4 Å². The van der Waals surface area contributed by atoms with Crippen LogP contribution in [0, 0.1) is 20.2 Å². The highest BCUT2D eigenvalue weighted by Gasteiger charge is 2.22. The molecule has 1 aliphatic heterocycles. The summed E-state index contributed by atoms with van der Waals surface area (Å²) in [5, 5.41) is 20.9. The van der Waals surface area contributed by atoms with E-state index >= 15 is 0 Å². The van der Waals surface area contributed by atoms with Gasteiger partial charge in [-0.2, -0.15) is 0 Å². The van der Waals surface area contributed by atoms with Crippen molar-refractivity contribution in [3.63, 3.8) is 0 Å². The van der Waals surface area contributed by atoms with E-state index in [1.54, 1.807) is 0 Å². The van der Waals surface area contributed by atoms with Crippen molar-refractivity contribution in [2.24, 2.45) is 0 Å². The Bertz CT molecular complexity index is 510. The molecular weight excluding hydrogens is 218 g/mol. The van der Waals surface area contributed by atoms with Gasteiger partial charge in [-0.1, -0.05) is 0 Å². The second-order valence-corrected chi connectivity index (χ2v) is 3.02. The molecule has 0 aromatic carbocycles. The number of nitro groups is 2. The third-order valence-corrected chi connectivity index (χ3v) is 1.99. The number of hydrogen-bond donors (Lipinski definition) is 0. The summed E-state index contributed by atoms with van der Waals surface area (Å²) in [7, 11) is 0. The van der Waals surface area contributed by atoms with Crippen molar-refractivity contribution < 1.29 is 14.6 Å². The largest absolute Gasteiger partial charge is 0.480 e. The summed E-state index contributed by atoms with van der Waals surface area (Å²) in [5.74, 6) is 0.180. The summed E-state index contributed by atoms with van der Waals surface area (Å²) in [6.07, 6.45) is 2.27. The minimum absolute atomic E-state index is 0.131. The summed E-state index contributed by atoms with van der Waals surface area (Å²) in [6.45, 7) is -0.219. The molecule has 0 saturated carbocycles. The van der Waals surface area contributed by atoms with E-state index in [0.717, 1.165) is 6.20 Å². The molecule has 0 fully saturated rings. The van der Waals surface area contributed by atoms with E-state index in [9.17, 15) is 20.2 Å². The minimum atomic E-state index is -0.608. The van der Waals surface area contributed by atoms with Crippen LogP contribution in [0.4, 0.5) is 5.69 Å². The van der Waals surface area contributed by atoms with Crippen LogP contribution in [-0.4, -0.2) is 21.4 Å². The van der Waals surface area contributed by atoms with Crippen LogP contribution >= 0.6 is 0 Å². The molecule has 0 N–H and O–H groups in total. The van der Waals surface area contributed by atoms with Crippen molar-refractivity contribution in [1.29, 1.82) is 0 Å². The SMILES string of the molecule is O=[N+]([O-])C1=Cc2ncc([N+](=O)[O-])cc2OC1. The lowest BCUT2D eigenvalue weighted by Gasteiger charge is -2.11. The van der Waals surface area contributed by atoms with Crippen molar-refractivity contribution in [2.45, 2.75) is 0 Å². The van der Waals surface area contributed by atoms with Gasteiger partial charge >= 0.3 is 0 Å². The van der Waals surface area contributed by atoms with Crippen molar-refractivity contribution in [2.75, 3.05) is 6.61 Å². The van der Waals surface area contributed by atoms with Crippen LogP contribution in [0.3, 0.4) is 0 Å². The van der Waals surface area contributed by atoms with Gasteiger partial charge < -0.3 is 4.74 Å². The molecule has 16 heavy (non-hydrogen) atoms. The highest BCUT2D eigenvalue weighted by Crippen LogP contribution is 2.27. The molecule has 0 spiro atoms. The first-order valence-corrected chi connectivity index (χ1v) is 4.20. The van der Waals surface area contributed by atoms with E-state index in [1.165, 1.54) is 12.1 Å². The quantitative estimate of drug-likeness (QED) is 0.546. The number of hydrogen-bond acceptors (Lipinski definition) is 6.